The maximum atomic E-state index is 12.6. The normalized spacial score (nSPS) is 11.6. The third-order valence-corrected chi connectivity index (χ3v) is 6.68. The Kier molecular flexibility index (Phi) is 6.13. The molecule has 0 saturated heterocycles. The van der Waals surface area contributed by atoms with Gasteiger partial charge in [0.15, 0.2) is 4.21 Å². The van der Waals surface area contributed by atoms with Gasteiger partial charge in [0.05, 0.1) is 6.54 Å². The van der Waals surface area contributed by atoms with E-state index in [1.54, 1.807) is 25.1 Å². The fourth-order valence-electron chi connectivity index (χ4n) is 2.15. The average molecular weight is 402 g/mol. The van der Waals surface area contributed by atoms with E-state index in [4.69, 9.17) is 15.8 Å². The Labute approximate surface area is 157 Å². The van der Waals surface area contributed by atoms with Crippen LogP contribution in [0.25, 0.3) is 0 Å². The van der Waals surface area contributed by atoms with Gasteiger partial charge in [0.2, 0.25) is 5.91 Å². The van der Waals surface area contributed by atoms with E-state index in [0.29, 0.717) is 5.02 Å². The molecule has 0 saturated carbocycles. The summed E-state index contributed by atoms with van der Waals surface area (Å²) >= 11 is 7.21. The third-order valence-electron chi connectivity index (χ3n) is 3.51. The van der Waals surface area contributed by atoms with Crippen LogP contribution in [0.15, 0.2) is 28.5 Å². The van der Waals surface area contributed by atoms with Gasteiger partial charge in [-0.2, -0.15) is 8.42 Å². The second-order valence-electron chi connectivity index (χ2n) is 5.96. The molecule has 2 aromatic rings. The Balaban J connectivity index is 2.30. The molecular weight excluding hydrogens is 382 g/mol. The zero-order valence-corrected chi connectivity index (χ0v) is 16.8. The molecule has 0 aliphatic heterocycles. The van der Waals surface area contributed by atoms with Crippen molar-refractivity contribution < 1.29 is 17.4 Å². The van der Waals surface area contributed by atoms with Crippen LogP contribution in [-0.4, -0.2) is 14.3 Å². The lowest BCUT2D eigenvalue weighted by molar-refractivity contribution is -0.119. The van der Waals surface area contributed by atoms with Gasteiger partial charge in [-0.1, -0.05) is 25.4 Å². The highest BCUT2D eigenvalue weighted by Gasteiger charge is 2.22. The first-order valence-electron chi connectivity index (χ1n) is 7.68. The molecule has 136 valence electrons. The molecule has 1 aromatic heterocycles. The highest BCUT2D eigenvalue weighted by molar-refractivity contribution is 7.89. The van der Waals surface area contributed by atoms with E-state index < -0.39 is 10.1 Å². The molecule has 1 aromatic carbocycles. The van der Waals surface area contributed by atoms with Crippen molar-refractivity contribution in [3.05, 3.63) is 45.3 Å². The fourth-order valence-corrected chi connectivity index (χ4v) is 4.53. The van der Waals surface area contributed by atoms with E-state index in [2.05, 4.69) is 5.32 Å². The van der Waals surface area contributed by atoms with Crippen molar-refractivity contribution in [3.8, 4) is 5.75 Å². The quantitative estimate of drug-likeness (QED) is 0.735. The summed E-state index contributed by atoms with van der Waals surface area (Å²) in [5.41, 5.74) is 1.47. The number of thiophene rings is 1. The molecule has 0 fully saturated rings. The van der Waals surface area contributed by atoms with Gasteiger partial charge >= 0.3 is 10.1 Å². The van der Waals surface area contributed by atoms with Crippen LogP contribution in [0.5, 0.6) is 5.75 Å². The van der Waals surface area contributed by atoms with Crippen LogP contribution in [0, 0.1) is 6.92 Å². The molecule has 0 aliphatic carbocycles. The predicted octanol–water partition coefficient (Wildman–Crippen LogP) is 4.24. The van der Waals surface area contributed by atoms with Gasteiger partial charge < -0.3 is 9.50 Å². The minimum absolute atomic E-state index is 0.0574. The largest absolute Gasteiger partial charge is 0.378 e. The molecule has 0 spiro atoms. The molecule has 0 radical (unpaired) electrons. The second kappa shape index (κ2) is 7.76. The molecule has 1 heterocycles. The summed E-state index contributed by atoms with van der Waals surface area (Å²) < 4.78 is 30.7. The molecule has 0 unspecified atom stereocenters. The number of amides is 1. The predicted molar refractivity (Wildman–Crippen MR) is 99.9 cm³/mol. The first-order valence-corrected chi connectivity index (χ1v) is 10.3. The zero-order valence-electron chi connectivity index (χ0n) is 14.4. The van der Waals surface area contributed by atoms with E-state index in [0.717, 1.165) is 27.3 Å². The van der Waals surface area contributed by atoms with Crippen LogP contribution in [-0.2, 0) is 21.5 Å². The number of hydrogen-bond acceptors (Lipinski definition) is 5. The van der Waals surface area contributed by atoms with Crippen LogP contribution < -0.4 is 9.50 Å². The standard InChI is InChI=1S/C17H20ClNO4S2/c1-10(2)14-8-15(18)11(3)7-16(14)23-25(21,22)17-6-5-13(24-17)9-19-12(4)20/h5-8,10H,9H2,1-4H3,(H,19,20). The highest BCUT2D eigenvalue weighted by Crippen LogP contribution is 2.34. The Morgan fingerprint density at radius 3 is 2.60 bits per heavy atom. The first kappa shape index (κ1) is 19.8. The number of aryl methyl sites for hydroxylation is 1. The molecular formula is C17H20ClNO4S2. The number of nitrogens with one attached hydrogen (secondary N) is 1. The van der Waals surface area contributed by atoms with Crippen molar-refractivity contribution in [3.63, 3.8) is 0 Å². The van der Waals surface area contributed by atoms with E-state index in [1.807, 2.05) is 13.8 Å². The number of halogens is 1. The van der Waals surface area contributed by atoms with Crippen LogP contribution in [0.4, 0.5) is 0 Å². The Bertz CT molecular complexity index is 888. The lowest BCUT2D eigenvalue weighted by atomic mass is 10.0. The minimum Gasteiger partial charge on any atom is -0.378 e. The summed E-state index contributed by atoms with van der Waals surface area (Å²) in [6.45, 7) is 7.37. The first-order chi connectivity index (χ1) is 11.6. The number of benzene rings is 1. The molecule has 0 atom stereocenters. The van der Waals surface area contributed by atoms with Crippen LogP contribution in [0.1, 0.15) is 42.7 Å². The lowest BCUT2D eigenvalue weighted by Crippen LogP contribution is -2.18. The number of carbonyl (C=O) groups excluding carboxylic acids is 1. The van der Waals surface area contributed by atoms with Crippen molar-refractivity contribution in [2.24, 2.45) is 0 Å². The van der Waals surface area contributed by atoms with Gasteiger partial charge in [0, 0.05) is 16.8 Å². The Hall–Kier alpha value is -1.57. The molecule has 1 amide bonds. The highest BCUT2D eigenvalue weighted by atomic mass is 35.5. The topological polar surface area (TPSA) is 72.5 Å². The molecule has 1 N–H and O–H groups in total. The molecule has 0 bridgehead atoms. The van der Waals surface area contributed by atoms with E-state index in [1.165, 1.54) is 13.0 Å². The third kappa shape index (κ3) is 4.96. The summed E-state index contributed by atoms with van der Waals surface area (Å²) in [7, 11) is -3.95. The van der Waals surface area contributed by atoms with E-state index in [-0.39, 0.29) is 28.3 Å². The maximum Gasteiger partial charge on any atom is 0.348 e. The molecule has 0 aliphatic rings. The lowest BCUT2D eigenvalue weighted by Gasteiger charge is -2.15. The van der Waals surface area contributed by atoms with Crippen molar-refractivity contribution in [2.75, 3.05) is 0 Å². The maximum absolute atomic E-state index is 12.6. The van der Waals surface area contributed by atoms with Gasteiger partial charge in [-0.25, -0.2) is 0 Å². The van der Waals surface area contributed by atoms with Gasteiger partial charge in [-0.05, 0) is 48.2 Å². The average Bonchev–Trinajstić information content (AvgIpc) is 2.98. The van der Waals surface area contributed by atoms with Gasteiger partial charge in [-0.3, -0.25) is 4.79 Å². The van der Waals surface area contributed by atoms with Crippen molar-refractivity contribution in [1.82, 2.24) is 5.32 Å². The number of carbonyl (C=O) groups is 1. The summed E-state index contributed by atoms with van der Waals surface area (Å²) in [5, 5.41) is 3.21. The number of hydrogen-bond donors (Lipinski definition) is 1. The Morgan fingerprint density at radius 2 is 2.00 bits per heavy atom. The Morgan fingerprint density at radius 1 is 1.32 bits per heavy atom. The molecule has 8 heteroatoms. The number of rotatable bonds is 6. The fraction of sp³-hybridized carbons (Fsp3) is 0.353. The van der Waals surface area contributed by atoms with Gasteiger partial charge in [-0.15, -0.1) is 11.3 Å². The van der Waals surface area contributed by atoms with E-state index in [9.17, 15) is 13.2 Å². The van der Waals surface area contributed by atoms with Gasteiger partial charge in [0.25, 0.3) is 0 Å². The smallest absolute Gasteiger partial charge is 0.348 e. The van der Waals surface area contributed by atoms with Crippen molar-refractivity contribution >= 4 is 39.0 Å². The summed E-state index contributed by atoms with van der Waals surface area (Å²) in [5.74, 6) is 0.169. The summed E-state index contributed by atoms with van der Waals surface area (Å²) in [4.78, 5) is 11.7. The van der Waals surface area contributed by atoms with Gasteiger partial charge in [0.1, 0.15) is 5.75 Å². The molecule has 25 heavy (non-hydrogen) atoms. The summed E-state index contributed by atoms with van der Waals surface area (Å²) in [6.07, 6.45) is 0. The van der Waals surface area contributed by atoms with Crippen LogP contribution in [0.2, 0.25) is 5.02 Å². The second-order valence-corrected chi connectivity index (χ2v) is 9.31. The summed E-state index contributed by atoms with van der Waals surface area (Å²) in [6, 6.07) is 6.52. The SMILES string of the molecule is CC(=O)NCc1ccc(S(=O)(=O)Oc2cc(C)c(Cl)cc2C(C)C)s1. The van der Waals surface area contributed by atoms with Crippen LogP contribution in [0.3, 0.4) is 0 Å². The minimum atomic E-state index is -3.95. The molecule has 5 nitrogen and oxygen atoms in total. The van der Waals surface area contributed by atoms with E-state index >= 15 is 0 Å². The van der Waals surface area contributed by atoms with Crippen molar-refractivity contribution in [1.29, 1.82) is 0 Å². The molecule has 2 rings (SSSR count). The monoisotopic (exact) mass is 401 g/mol. The van der Waals surface area contributed by atoms with Crippen molar-refractivity contribution in [2.45, 2.75) is 44.4 Å². The van der Waals surface area contributed by atoms with Crippen LogP contribution >= 0.6 is 22.9 Å². The zero-order chi connectivity index (χ0) is 18.8.